The lowest BCUT2D eigenvalue weighted by molar-refractivity contribution is 1.09. The summed E-state index contributed by atoms with van der Waals surface area (Å²) in [5, 5.41) is 0. The third-order valence-electron chi connectivity index (χ3n) is 6.43. The van der Waals surface area contributed by atoms with E-state index in [1.165, 1.54) is 33.4 Å². The number of pyridine rings is 1. The molecule has 2 heteroatoms. The van der Waals surface area contributed by atoms with Gasteiger partial charge in [0.15, 0.2) is 0 Å². The van der Waals surface area contributed by atoms with Crippen LogP contribution in [-0.4, -0.2) is 9.55 Å². The zero-order valence-corrected chi connectivity index (χ0v) is 19.8. The van der Waals surface area contributed by atoms with Crippen LogP contribution in [0.25, 0.3) is 44.9 Å². The summed E-state index contributed by atoms with van der Waals surface area (Å²) >= 11 is 0. The summed E-state index contributed by atoms with van der Waals surface area (Å²) in [5.41, 5.74) is 13.6. The molecule has 0 spiro atoms. The minimum atomic E-state index is 1.14. The molecule has 0 bridgehead atoms. The minimum absolute atomic E-state index is 1.14. The molecule has 0 fully saturated rings. The van der Waals surface area contributed by atoms with Crippen molar-refractivity contribution in [1.82, 2.24) is 9.55 Å². The summed E-state index contributed by atoms with van der Waals surface area (Å²) in [7, 11) is 0. The molecular formula is C34H24N2. The van der Waals surface area contributed by atoms with Crippen molar-refractivity contribution in [2.45, 2.75) is 0 Å². The second kappa shape index (κ2) is 9.76. The Morgan fingerprint density at radius 2 is 1.11 bits per heavy atom. The van der Waals surface area contributed by atoms with Gasteiger partial charge in [-0.05, 0) is 88.0 Å². The van der Waals surface area contributed by atoms with Gasteiger partial charge in [0.1, 0.15) is 0 Å². The molecule has 6 rings (SSSR count). The van der Waals surface area contributed by atoms with Crippen LogP contribution in [0.15, 0.2) is 152 Å². The van der Waals surface area contributed by atoms with Gasteiger partial charge in [-0.3, -0.25) is 4.98 Å². The summed E-state index contributed by atoms with van der Waals surface area (Å²) < 4.78 is 2.34. The van der Waals surface area contributed by atoms with Crippen LogP contribution < -0.4 is 0 Å². The van der Waals surface area contributed by atoms with Gasteiger partial charge in [-0.1, -0.05) is 78.9 Å². The second-order valence-corrected chi connectivity index (χ2v) is 8.65. The van der Waals surface area contributed by atoms with Crippen LogP contribution in [0.3, 0.4) is 0 Å². The van der Waals surface area contributed by atoms with E-state index in [2.05, 4.69) is 118 Å². The highest BCUT2D eigenvalue weighted by molar-refractivity contribution is 5.79. The fraction of sp³-hybridized carbons (Fsp3) is 0. The first kappa shape index (κ1) is 21.6. The highest BCUT2D eigenvalue weighted by atomic mass is 15.0. The Labute approximate surface area is 211 Å². The standard InChI is InChI=1S/C34H24N2/c1-2-5-9-26(8-4-1)27-12-16-30(17-13-27)33-20-21-34(36(33)32-10-6-3-7-11-32)31-18-14-28(15-19-31)29-22-24-35-25-23-29/h1,3-25H. The highest BCUT2D eigenvalue weighted by Gasteiger charge is 2.14. The molecule has 5 aromatic rings. The molecule has 2 heterocycles. The van der Waals surface area contributed by atoms with Crippen molar-refractivity contribution < 1.29 is 0 Å². The topological polar surface area (TPSA) is 17.8 Å². The summed E-state index contributed by atoms with van der Waals surface area (Å²) in [6, 6.07) is 36.6. The van der Waals surface area contributed by atoms with E-state index in [1.807, 2.05) is 42.8 Å². The largest absolute Gasteiger partial charge is 0.309 e. The average Bonchev–Trinajstić information content (AvgIpc) is 3.22. The van der Waals surface area contributed by atoms with Gasteiger partial charge >= 0.3 is 0 Å². The van der Waals surface area contributed by atoms with Gasteiger partial charge in [-0.15, -0.1) is 5.73 Å². The number of rotatable bonds is 5. The molecule has 2 nitrogen and oxygen atoms in total. The molecule has 0 radical (unpaired) electrons. The maximum absolute atomic E-state index is 4.13. The summed E-state index contributed by atoms with van der Waals surface area (Å²) in [4.78, 5) is 4.13. The Morgan fingerprint density at radius 3 is 1.78 bits per heavy atom. The molecule has 0 amide bonds. The number of nitrogens with zero attached hydrogens (tertiary/aromatic N) is 2. The van der Waals surface area contributed by atoms with E-state index in [9.17, 15) is 0 Å². The van der Waals surface area contributed by atoms with Crippen molar-refractivity contribution in [2.75, 3.05) is 0 Å². The van der Waals surface area contributed by atoms with Crippen molar-refractivity contribution in [3.63, 3.8) is 0 Å². The van der Waals surface area contributed by atoms with Crippen LogP contribution in [0.4, 0.5) is 0 Å². The minimum Gasteiger partial charge on any atom is -0.309 e. The quantitative estimate of drug-likeness (QED) is 0.240. The molecule has 0 unspecified atom stereocenters. The molecule has 3 aromatic carbocycles. The van der Waals surface area contributed by atoms with Crippen molar-refractivity contribution in [3.05, 3.63) is 157 Å². The first-order chi connectivity index (χ1) is 17.9. The maximum Gasteiger partial charge on any atom is 0.0535 e. The van der Waals surface area contributed by atoms with Crippen molar-refractivity contribution in [1.29, 1.82) is 0 Å². The Balaban J connectivity index is 1.41. The Kier molecular flexibility index (Phi) is 5.86. The van der Waals surface area contributed by atoms with Gasteiger partial charge in [-0.2, -0.15) is 0 Å². The third kappa shape index (κ3) is 4.30. The molecule has 0 atom stereocenters. The van der Waals surface area contributed by atoms with Gasteiger partial charge in [-0.25, -0.2) is 0 Å². The average molecular weight is 461 g/mol. The fourth-order valence-electron chi connectivity index (χ4n) is 4.60. The molecule has 1 aliphatic rings. The molecular weight excluding hydrogens is 436 g/mol. The number of allylic oxidation sites excluding steroid dienone is 5. The van der Waals surface area contributed by atoms with Crippen LogP contribution in [0.2, 0.25) is 0 Å². The maximum atomic E-state index is 4.13. The molecule has 1 aliphatic carbocycles. The van der Waals surface area contributed by atoms with Crippen LogP contribution in [0.1, 0.15) is 5.56 Å². The fourth-order valence-corrected chi connectivity index (χ4v) is 4.60. The van der Waals surface area contributed by atoms with Crippen molar-refractivity contribution in [3.8, 4) is 39.3 Å². The molecule has 2 aromatic heterocycles. The monoisotopic (exact) mass is 460 g/mol. The molecule has 0 N–H and O–H groups in total. The predicted octanol–water partition coefficient (Wildman–Crippen LogP) is 8.54. The van der Waals surface area contributed by atoms with Gasteiger partial charge in [0.25, 0.3) is 0 Å². The Morgan fingerprint density at radius 1 is 0.528 bits per heavy atom. The van der Waals surface area contributed by atoms with Gasteiger partial charge in [0.05, 0.1) is 11.4 Å². The predicted molar refractivity (Wildman–Crippen MR) is 150 cm³/mol. The smallest absolute Gasteiger partial charge is 0.0535 e. The summed E-state index contributed by atoms with van der Waals surface area (Å²) in [6.45, 7) is 0. The molecule has 36 heavy (non-hydrogen) atoms. The Hall–Kier alpha value is -4.91. The molecule has 0 saturated heterocycles. The van der Waals surface area contributed by atoms with Gasteiger partial charge in [0.2, 0.25) is 0 Å². The van der Waals surface area contributed by atoms with E-state index in [-0.39, 0.29) is 0 Å². The third-order valence-corrected chi connectivity index (χ3v) is 6.43. The number of aromatic nitrogens is 2. The first-order valence-corrected chi connectivity index (χ1v) is 12.1. The van der Waals surface area contributed by atoms with Crippen LogP contribution >= 0.6 is 0 Å². The van der Waals surface area contributed by atoms with Gasteiger partial charge in [0, 0.05) is 18.1 Å². The lowest BCUT2D eigenvalue weighted by atomic mass is 10.0. The zero-order valence-electron chi connectivity index (χ0n) is 19.8. The van der Waals surface area contributed by atoms with Gasteiger partial charge < -0.3 is 4.57 Å². The Bertz CT molecular complexity index is 1610. The normalized spacial score (nSPS) is 12.4. The number of hydrogen-bond acceptors (Lipinski definition) is 1. The van der Waals surface area contributed by atoms with Crippen LogP contribution in [-0.2, 0) is 0 Å². The second-order valence-electron chi connectivity index (χ2n) is 8.65. The van der Waals surface area contributed by atoms with E-state index in [0.29, 0.717) is 0 Å². The van der Waals surface area contributed by atoms with E-state index >= 15 is 0 Å². The van der Waals surface area contributed by atoms with E-state index < -0.39 is 0 Å². The summed E-state index contributed by atoms with van der Waals surface area (Å²) in [5.74, 6) is 0. The van der Waals surface area contributed by atoms with E-state index in [1.54, 1.807) is 0 Å². The number of para-hydroxylation sites is 1. The van der Waals surface area contributed by atoms with E-state index in [0.717, 1.165) is 17.1 Å². The SMILES string of the molecule is C1=CC=CC(c2ccc(-c3ccc(-c4ccc(-c5ccncc5)cc4)n3-c3ccccc3)cc2)=CC=1. The molecule has 0 saturated carbocycles. The molecule has 0 aliphatic heterocycles. The zero-order chi connectivity index (χ0) is 24.2. The number of hydrogen-bond donors (Lipinski definition) is 0. The molecule has 170 valence electrons. The first-order valence-electron chi connectivity index (χ1n) is 12.1. The lowest BCUT2D eigenvalue weighted by Gasteiger charge is -2.15. The summed E-state index contributed by atoms with van der Waals surface area (Å²) in [6.07, 6.45) is 13.8. The van der Waals surface area contributed by atoms with E-state index in [4.69, 9.17) is 0 Å². The van der Waals surface area contributed by atoms with Crippen LogP contribution in [0, 0.1) is 0 Å². The number of benzene rings is 3. The highest BCUT2D eigenvalue weighted by Crippen LogP contribution is 2.34. The van der Waals surface area contributed by atoms with Crippen LogP contribution in [0.5, 0.6) is 0 Å². The van der Waals surface area contributed by atoms with Crippen molar-refractivity contribution in [2.24, 2.45) is 0 Å². The lowest BCUT2D eigenvalue weighted by Crippen LogP contribution is -1.99. The van der Waals surface area contributed by atoms with Crippen molar-refractivity contribution >= 4 is 5.57 Å².